The van der Waals surface area contributed by atoms with Crippen molar-refractivity contribution in [1.82, 2.24) is 20.1 Å². The lowest BCUT2D eigenvalue weighted by atomic mass is 10.1. The van der Waals surface area contributed by atoms with Crippen molar-refractivity contribution < 1.29 is 13.2 Å². The summed E-state index contributed by atoms with van der Waals surface area (Å²) >= 11 is 0. The molecule has 1 heterocycles. The highest BCUT2D eigenvalue weighted by Gasteiger charge is 2.32. The van der Waals surface area contributed by atoms with Gasteiger partial charge in [-0.15, -0.1) is 0 Å². The van der Waals surface area contributed by atoms with Gasteiger partial charge in [0, 0.05) is 12.8 Å². The Morgan fingerprint density at radius 3 is 2.57 bits per heavy atom. The van der Waals surface area contributed by atoms with Crippen molar-refractivity contribution in [3.63, 3.8) is 0 Å². The van der Waals surface area contributed by atoms with E-state index in [1.165, 1.54) is 13.4 Å². The van der Waals surface area contributed by atoms with Gasteiger partial charge in [0.15, 0.2) is 15.6 Å². The molecule has 0 fully saturated rings. The van der Waals surface area contributed by atoms with E-state index >= 15 is 0 Å². The molecule has 0 saturated heterocycles. The molecule has 9 heteroatoms. The number of sulfone groups is 1. The molecule has 1 rings (SSSR count). The lowest BCUT2D eigenvalue weighted by Crippen LogP contribution is -2.40. The van der Waals surface area contributed by atoms with Gasteiger partial charge < -0.3 is 9.64 Å². The number of nitrogens with one attached hydrogen (secondary N) is 1. The van der Waals surface area contributed by atoms with Gasteiger partial charge in [-0.1, -0.05) is 0 Å². The maximum absolute atomic E-state index is 11.8. The fourth-order valence-corrected chi connectivity index (χ4v) is 2.71. The Morgan fingerprint density at radius 1 is 1.52 bits per heavy atom. The van der Waals surface area contributed by atoms with Crippen molar-refractivity contribution in [2.45, 2.75) is 24.8 Å². The second-order valence-electron chi connectivity index (χ2n) is 5.30. The largest absolute Gasteiger partial charge is 0.493 e. The van der Waals surface area contributed by atoms with E-state index < -0.39 is 21.1 Å². The van der Waals surface area contributed by atoms with Crippen LogP contribution >= 0.6 is 0 Å². The van der Waals surface area contributed by atoms with E-state index in [-0.39, 0.29) is 0 Å². The first kappa shape index (κ1) is 17.9. The molecule has 122 valence electrons. The fourth-order valence-electron chi connectivity index (χ4n) is 2.01. The Labute approximate surface area is 126 Å². The number of likely N-dealkylation sites (N-methyl/N-ethyl adjacent to an activating group) is 1. The Kier molecular flexibility index (Phi) is 6.14. The van der Waals surface area contributed by atoms with Crippen LogP contribution in [0, 0.1) is 0 Å². The molecule has 0 aliphatic rings. The zero-order valence-electron chi connectivity index (χ0n) is 13.2. The first-order valence-corrected chi connectivity index (χ1v) is 8.57. The molecule has 2 unspecified atom stereocenters. The number of hydrogen-bond donors (Lipinski definition) is 2. The standard InChI is InChI=1S/C12H25N5O3S/c1-9(21(5,18)19)11(15-13)12-10(20-4)8-14-17(12)7-6-16(2)3/h8-9,11,15H,6-7,13H2,1-5H3. The average Bonchev–Trinajstić information content (AvgIpc) is 2.79. The second-order valence-corrected chi connectivity index (χ2v) is 7.71. The molecule has 0 aliphatic heterocycles. The van der Waals surface area contributed by atoms with Crippen LogP contribution < -0.4 is 16.0 Å². The van der Waals surface area contributed by atoms with Gasteiger partial charge in [-0.2, -0.15) is 5.10 Å². The quantitative estimate of drug-likeness (QED) is 0.487. The topological polar surface area (TPSA) is 102 Å². The average molecular weight is 319 g/mol. The molecule has 0 saturated carbocycles. The number of hydrazine groups is 1. The van der Waals surface area contributed by atoms with E-state index in [0.717, 1.165) is 6.54 Å². The third-order valence-corrected chi connectivity index (χ3v) is 5.07. The molecule has 8 nitrogen and oxygen atoms in total. The highest BCUT2D eigenvalue weighted by molar-refractivity contribution is 7.91. The predicted octanol–water partition coefficient (Wildman–Crippen LogP) is -0.609. The van der Waals surface area contributed by atoms with Crippen LogP contribution in [0.3, 0.4) is 0 Å². The molecule has 21 heavy (non-hydrogen) atoms. The number of nitrogens with two attached hydrogens (primary N) is 1. The van der Waals surface area contributed by atoms with Gasteiger partial charge in [0.1, 0.15) is 0 Å². The van der Waals surface area contributed by atoms with Crippen molar-refractivity contribution in [2.75, 3.05) is 34.0 Å². The molecule has 0 bridgehead atoms. The van der Waals surface area contributed by atoms with Gasteiger partial charge in [0.2, 0.25) is 0 Å². The summed E-state index contributed by atoms with van der Waals surface area (Å²) in [4.78, 5) is 2.02. The van der Waals surface area contributed by atoms with Crippen molar-refractivity contribution in [3.05, 3.63) is 11.9 Å². The fraction of sp³-hybridized carbons (Fsp3) is 0.750. The summed E-state index contributed by atoms with van der Waals surface area (Å²) in [7, 11) is 2.17. The number of methoxy groups -OCH3 is 1. The Balaban J connectivity index is 3.20. The van der Waals surface area contributed by atoms with Gasteiger partial charge in [0.05, 0.1) is 36.8 Å². The van der Waals surface area contributed by atoms with Gasteiger partial charge in [-0.25, -0.2) is 13.8 Å². The summed E-state index contributed by atoms with van der Waals surface area (Å²) in [6.07, 6.45) is 2.76. The molecule has 0 amide bonds. The third-order valence-electron chi connectivity index (χ3n) is 3.44. The molecule has 1 aromatic heterocycles. The Bertz CT molecular complexity index is 555. The van der Waals surface area contributed by atoms with Gasteiger partial charge in [-0.3, -0.25) is 10.5 Å². The Hall–Kier alpha value is -1.16. The molecule has 2 atom stereocenters. The molecule has 0 aliphatic carbocycles. The van der Waals surface area contributed by atoms with Crippen LogP contribution in [-0.4, -0.2) is 62.4 Å². The molecular formula is C12H25N5O3S. The second kappa shape index (κ2) is 7.21. The van der Waals surface area contributed by atoms with Crippen LogP contribution in [0.25, 0.3) is 0 Å². The van der Waals surface area contributed by atoms with Crippen molar-refractivity contribution >= 4 is 9.84 Å². The smallest absolute Gasteiger partial charge is 0.161 e. The van der Waals surface area contributed by atoms with Crippen LogP contribution in [0.4, 0.5) is 0 Å². The minimum atomic E-state index is -3.26. The number of hydrogen-bond acceptors (Lipinski definition) is 7. The summed E-state index contributed by atoms with van der Waals surface area (Å²) in [6.45, 7) is 2.99. The molecule has 0 radical (unpaired) electrons. The number of nitrogens with zero attached hydrogens (tertiary/aromatic N) is 3. The summed E-state index contributed by atoms with van der Waals surface area (Å²) in [6, 6.07) is -0.598. The maximum Gasteiger partial charge on any atom is 0.161 e. The first-order valence-electron chi connectivity index (χ1n) is 6.61. The number of rotatable bonds is 8. The van der Waals surface area contributed by atoms with E-state index in [0.29, 0.717) is 18.0 Å². The summed E-state index contributed by atoms with van der Waals surface area (Å²) < 4.78 is 30.7. The van der Waals surface area contributed by atoms with E-state index in [1.54, 1.807) is 17.8 Å². The molecular weight excluding hydrogens is 294 g/mol. The Morgan fingerprint density at radius 2 is 2.14 bits per heavy atom. The van der Waals surface area contributed by atoms with Crippen molar-refractivity contribution in [2.24, 2.45) is 5.84 Å². The zero-order valence-corrected chi connectivity index (χ0v) is 14.0. The van der Waals surface area contributed by atoms with Crippen LogP contribution in [-0.2, 0) is 16.4 Å². The molecule has 0 spiro atoms. The van der Waals surface area contributed by atoms with Crippen LogP contribution in [0.1, 0.15) is 18.7 Å². The first-order chi connectivity index (χ1) is 9.72. The molecule has 1 aromatic rings. The van der Waals surface area contributed by atoms with E-state index in [9.17, 15) is 8.42 Å². The normalized spacial score (nSPS) is 15.2. The monoisotopic (exact) mass is 319 g/mol. The minimum absolute atomic E-state index is 0.521. The van der Waals surface area contributed by atoms with Crippen molar-refractivity contribution in [1.29, 1.82) is 0 Å². The lowest BCUT2D eigenvalue weighted by Gasteiger charge is -2.24. The number of ether oxygens (including phenoxy) is 1. The van der Waals surface area contributed by atoms with E-state index in [2.05, 4.69) is 10.5 Å². The minimum Gasteiger partial charge on any atom is -0.493 e. The SMILES string of the molecule is COc1cnn(CCN(C)C)c1C(NN)C(C)S(C)(=O)=O. The zero-order chi connectivity index (χ0) is 16.2. The highest BCUT2D eigenvalue weighted by atomic mass is 32.2. The third kappa shape index (κ3) is 4.40. The highest BCUT2D eigenvalue weighted by Crippen LogP contribution is 2.29. The van der Waals surface area contributed by atoms with Crippen LogP contribution in [0.5, 0.6) is 5.75 Å². The lowest BCUT2D eigenvalue weighted by molar-refractivity contribution is 0.353. The maximum atomic E-state index is 11.8. The van der Waals surface area contributed by atoms with E-state index in [1.807, 2.05) is 19.0 Å². The number of aromatic nitrogens is 2. The van der Waals surface area contributed by atoms with Gasteiger partial charge in [-0.05, 0) is 21.0 Å². The van der Waals surface area contributed by atoms with Gasteiger partial charge >= 0.3 is 0 Å². The van der Waals surface area contributed by atoms with Crippen molar-refractivity contribution in [3.8, 4) is 5.75 Å². The summed E-state index contributed by atoms with van der Waals surface area (Å²) in [5, 5.41) is 3.56. The predicted molar refractivity (Wildman–Crippen MR) is 81.7 cm³/mol. The van der Waals surface area contributed by atoms with Gasteiger partial charge in [0.25, 0.3) is 0 Å². The summed E-state index contributed by atoms with van der Waals surface area (Å²) in [5.74, 6) is 6.11. The molecule has 3 N–H and O–H groups in total. The van der Waals surface area contributed by atoms with Crippen LogP contribution in [0.2, 0.25) is 0 Å². The van der Waals surface area contributed by atoms with E-state index in [4.69, 9.17) is 10.6 Å². The summed E-state index contributed by atoms with van der Waals surface area (Å²) in [5.41, 5.74) is 3.22. The molecule has 0 aromatic carbocycles. The van der Waals surface area contributed by atoms with Crippen LogP contribution in [0.15, 0.2) is 6.20 Å².